The van der Waals surface area contributed by atoms with Gasteiger partial charge in [-0.15, -0.1) is 0 Å². The number of benzene rings is 2. The molecule has 1 aliphatic rings. The van der Waals surface area contributed by atoms with Gasteiger partial charge in [0.1, 0.15) is 5.75 Å². The third-order valence-corrected chi connectivity index (χ3v) is 5.14. The molecule has 152 valence electrons. The number of unbranched alkanes of at least 4 members (excludes halogenated alkanes) is 2. The molecule has 3 rings (SSSR count). The number of esters is 1. The largest absolute Gasteiger partial charge is 0.493 e. The second-order valence-electron chi connectivity index (χ2n) is 7.54. The maximum atomic E-state index is 11.4. The Labute approximate surface area is 174 Å². The van der Waals surface area contributed by atoms with Crippen molar-refractivity contribution in [3.63, 3.8) is 0 Å². The molecule has 0 N–H and O–H groups in total. The average molecular weight is 391 g/mol. The van der Waals surface area contributed by atoms with Gasteiger partial charge in [0.25, 0.3) is 0 Å². The van der Waals surface area contributed by atoms with E-state index in [0.29, 0.717) is 18.8 Å². The first-order valence-electron chi connectivity index (χ1n) is 10.5. The van der Waals surface area contributed by atoms with Crippen molar-refractivity contribution in [3.05, 3.63) is 77.4 Å². The van der Waals surface area contributed by atoms with E-state index in [1.807, 2.05) is 6.07 Å². The maximum Gasteiger partial charge on any atom is 0.333 e. The van der Waals surface area contributed by atoms with Crippen LogP contribution in [0.4, 0.5) is 0 Å². The molecule has 0 bridgehead atoms. The molecule has 29 heavy (non-hydrogen) atoms. The molecule has 0 heterocycles. The molecule has 2 aromatic carbocycles. The number of fused-ring (bicyclic) bond motifs is 1. The van der Waals surface area contributed by atoms with Gasteiger partial charge in [-0.2, -0.15) is 0 Å². The lowest BCUT2D eigenvalue weighted by atomic mass is 9.99. The van der Waals surface area contributed by atoms with Crippen LogP contribution in [0.25, 0.3) is 11.6 Å². The van der Waals surface area contributed by atoms with Gasteiger partial charge in [-0.1, -0.05) is 55.1 Å². The summed E-state index contributed by atoms with van der Waals surface area (Å²) in [4.78, 5) is 11.4. The van der Waals surface area contributed by atoms with E-state index in [1.54, 1.807) is 6.92 Å². The van der Waals surface area contributed by atoms with E-state index in [2.05, 4.69) is 55.1 Å². The number of carbonyl (C=O) groups is 1. The highest BCUT2D eigenvalue weighted by Crippen LogP contribution is 2.34. The van der Waals surface area contributed by atoms with Crippen LogP contribution in [0.2, 0.25) is 0 Å². The molecule has 3 heteroatoms. The van der Waals surface area contributed by atoms with E-state index in [1.165, 1.54) is 22.3 Å². The number of rotatable bonds is 9. The Bertz CT molecular complexity index is 879. The van der Waals surface area contributed by atoms with Gasteiger partial charge in [0.05, 0.1) is 13.2 Å². The van der Waals surface area contributed by atoms with Crippen LogP contribution in [-0.4, -0.2) is 19.2 Å². The molecule has 0 aromatic heterocycles. The summed E-state index contributed by atoms with van der Waals surface area (Å²) < 4.78 is 11.2. The first-order chi connectivity index (χ1) is 14.1. The van der Waals surface area contributed by atoms with Crippen LogP contribution in [0.3, 0.4) is 0 Å². The van der Waals surface area contributed by atoms with Crippen LogP contribution in [-0.2, 0) is 16.0 Å². The van der Waals surface area contributed by atoms with Gasteiger partial charge in [0.2, 0.25) is 0 Å². The van der Waals surface area contributed by atoms with Crippen LogP contribution in [0.15, 0.2) is 60.7 Å². The summed E-state index contributed by atoms with van der Waals surface area (Å²) in [6, 6.07) is 17.0. The number of ether oxygens (including phenoxy) is 2. The molecule has 0 atom stereocenters. The standard InChI is InChI=1S/C26H30O3/c1-20(2)26(27)29-18-9-3-8-17-28-25-16-7-6-15-24(25)23-14-10-13-21-11-4-5-12-22(21)19-23/h4-7,11-12,15-16,19H,1,3,8-10,13-14,17-18H2,2H3. The van der Waals surface area contributed by atoms with E-state index < -0.39 is 0 Å². The number of allylic oxidation sites excluding steroid dienone is 1. The summed E-state index contributed by atoms with van der Waals surface area (Å²) in [5, 5.41) is 0. The Morgan fingerprint density at radius 2 is 1.72 bits per heavy atom. The highest BCUT2D eigenvalue weighted by molar-refractivity contribution is 5.87. The van der Waals surface area contributed by atoms with Gasteiger partial charge in [-0.05, 0) is 68.2 Å². The zero-order chi connectivity index (χ0) is 20.5. The number of aryl methyl sites for hydroxylation is 1. The fraction of sp³-hybridized carbons (Fsp3) is 0.346. The summed E-state index contributed by atoms with van der Waals surface area (Å²) >= 11 is 0. The predicted molar refractivity (Wildman–Crippen MR) is 119 cm³/mol. The number of para-hydroxylation sites is 1. The normalized spacial score (nSPS) is 13.1. The Morgan fingerprint density at radius 1 is 0.966 bits per heavy atom. The minimum Gasteiger partial charge on any atom is -0.493 e. The third-order valence-electron chi connectivity index (χ3n) is 5.14. The Morgan fingerprint density at radius 3 is 2.59 bits per heavy atom. The molecule has 0 saturated heterocycles. The monoisotopic (exact) mass is 390 g/mol. The topological polar surface area (TPSA) is 35.5 Å². The van der Waals surface area contributed by atoms with E-state index in [0.717, 1.165) is 44.3 Å². The summed E-state index contributed by atoms with van der Waals surface area (Å²) in [5.74, 6) is 0.639. The molecule has 2 aromatic rings. The number of hydrogen-bond donors (Lipinski definition) is 0. The fourth-order valence-corrected chi connectivity index (χ4v) is 3.55. The Hall–Kier alpha value is -2.81. The zero-order valence-corrected chi connectivity index (χ0v) is 17.3. The zero-order valence-electron chi connectivity index (χ0n) is 17.3. The fourth-order valence-electron chi connectivity index (χ4n) is 3.55. The molecule has 1 aliphatic carbocycles. The lowest BCUT2D eigenvalue weighted by Crippen LogP contribution is -2.06. The van der Waals surface area contributed by atoms with Crippen LogP contribution in [0, 0.1) is 0 Å². The van der Waals surface area contributed by atoms with Crippen molar-refractivity contribution in [2.75, 3.05) is 13.2 Å². The molecule has 3 nitrogen and oxygen atoms in total. The minimum absolute atomic E-state index is 0.312. The first kappa shape index (κ1) is 20.9. The Kier molecular flexibility index (Phi) is 7.69. The lowest BCUT2D eigenvalue weighted by Gasteiger charge is -2.14. The summed E-state index contributed by atoms with van der Waals surface area (Å²) in [6.45, 7) is 6.35. The SMILES string of the molecule is C=C(C)C(=O)OCCCCCOc1ccccc1C1=Cc2ccccc2CCC1. The maximum absolute atomic E-state index is 11.4. The summed E-state index contributed by atoms with van der Waals surface area (Å²) in [7, 11) is 0. The van der Waals surface area contributed by atoms with Gasteiger partial charge >= 0.3 is 5.97 Å². The second-order valence-corrected chi connectivity index (χ2v) is 7.54. The highest BCUT2D eigenvalue weighted by atomic mass is 16.5. The summed E-state index contributed by atoms with van der Waals surface area (Å²) in [5.41, 5.74) is 5.73. The van der Waals surface area contributed by atoms with Crippen molar-refractivity contribution in [2.45, 2.75) is 45.4 Å². The van der Waals surface area contributed by atoms with E-state index in [9.17, 15) is 4.79 Å². The summed E-state index contributed by atoms with van der Waals surface area (Å²) in [6.07, 6.45) is 8.38. The second kappa shape index (κ2) is 10.7. The van der Waals surface area contributed by atoms with Crippen LogP contribution < -0.4 is 4.74 Å². The molecule has 0 radical (unpaired) electrons. The quantitative estimate of drug-likeness (QED) is 0.289. The van der Waals surface area contributed by atoms with E-state index in [-0.39, 0.29) is 5.97 Å². The van der Waals surface area contributed by atoms with Crippen molar-refractivity contribution in [2.24, 2.45) is 0 Å². The van der Waals surface area contributed by atoms with Gasteiger partial charge in [-0.3, -0.25) is 0 Å². The van der Waals surface area contributed by atoms with E-state index in [4.69, 9.17) is 9.47 Å². The van der Waals surface area contributed by atoms with Crippen molar-refractivity contribution in [1.82, 2.24) is 0 Å². The third kappa shape index (κ3) is 6.08. The molecule has 0 saturated carbocycles. The Balaban J connectivity index is 1.54. The molecular formula is C26H30O3. The lowest BCUT2D eigenvalue weighted by molar-refractivity contribution is -0.139. The molecule has 0 spiro atoms. The molecular weight excluding hydrogens is 360 g/mol. The molecule has 0 aliphatic heterocycles. The van der Waals surface area contributed by atoms with Crippen molar-refractivity contribution in [1.29, 1.82) is 0 Å². The minimum atomic E-state index is -0.312. The first-order valence-corrected chi connectivity index (χ1v) is 10.5. The smallest absolute Gasteiger partial charge is 0.333 e. The van der Waals surface area contributed by atoms with Crippen molar-refractivity contribution >= 4 is 17.6 Å². The average Bonchev–Trinajstić information content (AvgIpc) is 2.95. The van der Waals surface area contributed by atoms with Crippen LogP contribution in [0.1, 0.15) is 55.7 Å². The van der Waals surface area contributed by atoms with E-state index >= 15 is 0 Å². The highest BCUT2D eigenvalue weighted by Gasteiger charge is 2.13. The van der Waals surface area contributed by atoms with Crippen molar-refractivity contribution in [3.8, 4) is 5.75 Å². The van der Waals surface area contributed by atoms with Gasteiger partial charge in [-0.25, -0.2) is 4.79 Å². The molecule has 0 fully saturated rings. The van der Waals surface area contributed by atoms with Crippen molar-refractivity contribution < 1.29 is 14.3 Å². The number of hydrogen-bond acceptors (Lipinski definition) is 3. The van der Waals surface area contributed by atoms with Gasteiger partial charge < -0.3 is 9.47 Å². The molecule has 0 amide bonds. The number of carbonyl (C=O) groups excluding carboxylic acids is 1. The molecule has 0 unspecified atom stereocenters. The predicted octanol–water partition coefficient (Wildman–Crippen LogP) is 6.23. The van der Waals surface area contributed by atoms with Crippen LogP contribution >= 0.6 is 0 Å². The van der Waals surface area contributed by atoms with Gasteiger partial charge in [0.15, 0.2) is 0 Å². The van der Waals surface area contributed by atoms with Gasteiger partial charge in [0, 0.05) is 11.1 Å². The van der Waals surface area contributed by atoms with Crippen LogP contribution in [0.5, 0.6) is 5.75 Å².